The third-order valence-corrected chi connectivity index (χ3v) is 2.31. The molecule has 0 aliphatic heterocycles. The van der Waals surface area contributed by atoms with Crippen molar-refractivity contribution in [3.05, 3.63) is 36.0 Å². The Balaban J connectivity index is 3.65. The molecule has 0 atom stereocenters. The van der Waals surface area contributed by atoms with Crippen molar-refractivity contribution in [2.75, 3.05) is 13.1 Å². The number of allylic oxidation sites excluding steroid dienone is 3. The Hall–Kier alpha value is -1.15. The second-order valence-electron chi connectivity index (χ2n) is 3.99. The lowest BCUT2D eigenvalue weighted by atomic mass is 10.1. The fraction of sp³-hybridized carbons (Fsp3) is 0.500. The minimum Gasteiger partial charge on any atom is -0.313 e. The van der Waals surface area contributed by atoms with Crippen molar-refractivity contribution in [1.82, 2.24) is 5.32 Å². The van der Waals surface area contributed by atoms with Gasteiger partial charge in [-0.3, -0.25) is 4.79 Å². The van der Waals surface area contributed by atoms with Gasteiger partial charge in [-0.2, -0.15) is 0 Å². The van der Waals surface area contributed by atoms with E-state index in [9.17, 15) is 4.79 Å². The topological polar surface area (TPSA) is 29.1 Å². The van der Waals surface area contributed by atoms with Gasteiger partial charge in [0.25, 0.3) is 0 Å². The van der Waals surface area contributed by atoms with Crippen molar-refractivity contribution in [2.24, 2.45) is 0 Å². The highest BCUT2D eigenvalue weighted by Gasteiger charge is 1.91. The first kappa shape index (κ1) is 14.8. The van der Waals surface area contributed by atoms with Crippen LogP contribution in [0.25, 0.3) is 0 Å². The lowest BCUT2D eigenvalue weighted by molar-refractivity contribution is -0.104. The maximum absolute atomic E-state index is 10.2. The summed E-state index contributed by atoms with van der Waals surface area (Å²) in [5.41, 5.74) is 2.49. The molecule has 0 aromatic carbocycles. The van der Waals surface area contributed by atoms with Gasteiger partial charge in [-0.05, 0) is 45.7 Å². The molecule has 0 rings (SSSR count). The van der Waals surface area contributed by atoms with E-state index in [0.29, 0.717) is 0 Å². The Morgan fingerprint density at radius 3 is 2.62 bits per heavy atom. The van der Waals surface area contributed by atoms with E-state index in [2.05, 4.69) is 24.9 Å². The van der Waals surface area contributed by atoms with Crippen molar-refractivity contribution in [3.63, 3.8) is 0 Å². The van der Waals surface area contributed by atoms with Crippen LogP contribution in [-0.2, 0) is 4.79 Å². The molecule has 0 unspecified atom stereocenters. The molecule has 0 heterocycles. The first-order valence-electron chi connectivity index (χ1n) is 5.79. The molecule has 90 valence electrons. The predicted molar refractivity (Wildman–Crippen MR) is 70.5 cm³/mol. The van der Waals surface area contributed by atoms with E-state index in [-0.39, 0.29) is 0 Å². The quantitative estimate of drug-likeness (QED) is 0.281. The minimum atomic E-state index is 0.850. The van der Waals surface area contributed by atoms with Gasteiger partial charge in [0, 0.05) is 6.54 Å². The van der Waals surface area contributed by atoms with Crippen LogP contribution >= 0.6 is 0 Å². The molecule has 0 aromatic heterocycles. The average Bonchev–Trinajstić information content (AvgIpc) is 2.25. The highest BCUT2D eigenvalue weighted by atomic mass is 16.1. The standard InChI is InChI=1S/C14H23NO/c1-4-5-10-15-12-14(3)8-6-7-13(2)9-11-16/h4,8-9,11,15H,1,5-7,10,12H2,2-3H3. The first-order valence-corrected chi connectivity index (χ1v) is 5.79. The smallest absolute Gasteiger partial charge is 0.142 e. The maximum Gasteiger partial charge on any atom is 0.142 e. The normalized spacial score (nSPS) is 12.6. The third-order valence-electron chi connectivity index (χ3n) is 2.31. The van der Waals surface area contributed by atoms with Gasteiger partial charge >= 0.3 is 0 Å². The highest BCUT2D eigenvalue weighted by Crippen LogP contribution is 2.05. The average molecular weight is 221 g/mol. The van der Waals surface area contributed by atoms with E-state index in [4.69, 9.17) is 0 Å². The van der Waals surface area contributed by atoms with E-state index in [1.807, 2.05) is 13.0 Å². The number of aldehydes is 1. The molecule has 0 fully saturated rings. The molecule has 0 saturated carbocycles. The molecular weight excluding hydrogens is 198 g/mol. The molecule has 0 spiro atoms. The van der Waals surface area contributed by atoms with Crippen molar-refractivity contribution in [1.29, 1.82) is 0 Å². The molecule has 2 heteroatoms. The molecular formula is C14H23NO. The summed E-state index contributed by atoms with van der Waals surface area (Å²) >= 11 is 0. The lowest BCUT2D eigenvalue weighted by Gasteiger charge is -2.03. The molecule has 0 bridgehead atoms. The summed E-state index contributed by atoms with van der Waals surface area (Å²) in [6.45, 7) is 9.70. The lowest BCUT2D eigenvalue weighted by Crippen LogP contribution is -2.16. The van der Waals surface area contributed by atoms with E-state index < -0.39 is 0 Å². The molecule has 2 nitrogen and oxygen atoms in total. The van der Waals surface area contributed by atoms with Crippen LogP contribution in [0.15, 0.2) is 36.0 Å². The van der Waals surface area contributed by atoms with Crippen LogP contribution in [0.5, 0.6) is 0 Å². The minimum absolute atomic E-state index is 0.850. The third kappa shape index (κ3) is 9.41. The summed E-state index contributed by atoms with van der Waals surface area (Å²) in [5.74, 6) is 0. The molecule has 0 aliphatic carbocycles. The van der Waals surface area contributed by atoms with E-state index in [1.165, 1.54) is 5.57 Å². The molecule has 0 saturated heterocycles. The predicted octanol–water partition coefficient (Wildman–Crippen LogP) is 3.02. The Kier molecular flexibility index (Phi) is 9.63. The van der Waals surface area contributed by atoms with Gasteiger partial charge in [0.1, 0.15) is 6.29 Å². The zero-order chi connectivity index (χ0) is 12.2. The van der Waals surface area contributed by atoms with Crippen LogP contribution in [0.1, 0.15) is 33.1 Å². The maximum atomic E-state index is 10.2. The Morgan fingerprint density at radius 2 is 2.00 bits per heavy atom. The van der Waals surface area contributed by atoms with Crippen LogP contribution in [-0.4, -0.2) is 19.4 Å². The summed E-state index contributed by atoms with van der Waals surface area (Å²) in [6, 6.07) is 0. The second kappa shape index (κ2) is 10.4. The summed E-state index contributed by atoms with van der Waals surface area (Å²) in [5, 5.41) is 3.34. The first-order chi connectivity index (χ1) is 7.70. The summed E-state index contributed by atoms with van der Waals surface area (Å²) in [6.07, 6.45) is 9.60. The fourth-order valence-electron chi connectivity index (χ4n) is 1.31. The Bertz CT molecular complexity index is 264. The zero-order valence-corrected chi connectivity index (χ0v) is 10.5. The van der Waals surface area contributed by atoms with Crippen molar-refractivity contribution < 1.29 is 4.79 Å². The number of carbonyl (C=O) groups excluding carboxylic acids is 1. The molecule has 0 amide bonds. The van der Waals surface area contributed by atoms with E-state index in [1.54, 1.807) is 6.08 Å². The Morgan fingerprint density at radius 1 is 1.25 bits per heavy atom. The number of hydrogen-bond donors (Lipinski definition) is 1. The molecule has 0 aliphatic rings. The SMILES string of the molecule is C=CCCNCC(C)=CCCC(C)=CC=O. The van der Waals surface area contributed by atoms with Crippen LogP contribution in [0, 0.1) is 0 Å². The summed E-state index contributed by atoms with van der Waals surface area (Å²) < 4.78 is 0. The van der Waals surface area contributed by atoms with Crippen LogP contribution in [0.3, 0.4) is 0 Å². The molecule has 0 radical (unpaired) electrons. The van der Waals surface area contributed by atoms with Gasteiger partial charge in [-0.1, -0.05) is 23.3 Å². The van der Waals surface area contributed by atoms with Crippen molar-refractivity contribution in [2.45, 2.75) is 33.1 Å². The van der Waals surface area contributed by atoms with E-state index >= 15 is 0 Å². The molecule has 1 N–H and O–H groups in total. The van der Waals surface area contributed by atoms with Crippen molar-refractivity contribution >= 4 is 6.29 Å². The van der Waals surface area contributed by atoms with Gasteiger partial charge in [-0.25, -0.2) is 0 Å². The van der Waals surface area contributed by atoms with Gasteiger partial charge < -0.3 is 5.32 Å². The van der Waals surface area contributed by atoms with Crippen LogP contribution < -0.4 is 5.32 Å². The van der Waals surface area contributed by atoms with Gasteiger partial charge in [0.2, 0.25) is 0 Å². The number of hydrogen-bond acceptors (Lipinski definition) is 2. The number of rotatable bonds is 9. The van der Waals surface area contributed by atoms with Gasteiger partial charge in [-0.15, -0.1) is 6.58 Å². The Labute approximate surface area is 99.1 Å². The highest BCUT2D eigenvalue weighted by molar-refractivity contribution is 5.65. The van der Waals surface area contributed by atoms with E-state index in [0.717, 1.165) is 44.2 Å². The van der Waals surface area contributed by atoms with Gasteiger partial charge in [0.05, 0.1) is 0 Å². The van der Waals surface area contributed by atoms with Crippen molar-refractivity contribution in [3.8, 4) is 0 Å². The molecule has 16 heavy (non-hydrogen) atoms. The largest absolute Gasteiger partial charge is 0.313 e. The van der Waals surface area contributed by atoms with Crippen LogP contribution in [0.4, 0.5) is 0 Å². The number of carbonyl (C=O) groups is 1. The zero-order valence-electron chi connectivity index (χ0n) is 10.5. The number of nitrogens with one attached hydrogen (secondary N) is 1. The summed E-state index contributed by atoms with van der Waals surface area (Å²) in [7, 11) is 0. The summed E-state index contributed by atoms with van der Waals surface area (Å²) in [4.78, 5) is 10.2. The fourth-order valence-corrected chi connectivity index (χ4v) is 1.31. The molecule has 0 aromatic rings. The van der Waals surface area contributed by atoms with Gasteiger partial charge in [0.15, 0.2) is 0 Å². The second-order valence-corrected chi connectivity index (χ2v) is 3.99. The monoisotopic (exact) mass is 221 g/mol. The van der Waals surface area contributed by atoms with Crippen LogP contribution in [0.2, 0.25) is 0 Å².